The molecule has 1 amide bonds. The minimum absolute atomic E-state index is 0.0247. The number of quaternary nitrogens is 1. The number of amides is 1. The van der Waals surface area contributed by atoms with E-state index in [1.807, 2.05) is 4.57 Å². The molecule has 1 aliphatic heterocycles. The largest absolute Gasteiger partial charge is 0.370 e. The van der Waals surface area contributed by atoms with Crippen molar-refractivity contribution in [3.63, 3.8) is 0 Å². The number of benzene rings is 1. The normalized spacial score (nSPS) is 15.1. The Morgan fingerprint density at radius 2 is 1.96 bits per heavy atom. The third kappa shape index (κ3) is 5.27. The molecule has 1 aromatic carbocycles. The monoisotopic (exact) mass is 394 g/mol. The van der Waals surface area contributed by atoms with E-state index in [1.54, 1.807) is 31.1 Å². The summed E-state index contributed by atoms with van der Waals surface area (Å²) in [6, 6.07) is 6.25. The molecule has 0 saturated carbocycles. The maximum atomic E-state index is 13.3. The molecule has 9 heteroatoms. The highest BCUT2D eigenvalue weighted by Gasteiger charge is 2.19. The van der Waals surface area contributed by atoms with Crippen LogP contribution in [0.2, 0.25) is 0 Å². The summed E-state index contributed by atoms with van der Waals surface area (Å²) in [6.07, 6.45) is 0. The number of morpholine rings is 1. The average Bonchev–Trinajstić information content (AvgIpc) is 3.08. The zero-order chi connectivity index (χ0) is 19.2. The van der Waals surface area contributed by atoms with Gasteiger partial charge in [-0.3, -0.25) is 9.36 Å². The summed E-state index contributed by atoms with van der Waals surface area (Å²) in [5.41, 5.74) is 0.812. The van der Waals surface area contributed by atoms with E-state index in [0.29, 0.717) is 16.7 Å². The number of hydrogen-bond acceptors (Lipinski definition) is 5. The van der Waals surface area contributed by atoms with Gasteiger partial charge in [-0.15, -0.1) is 10.2 Å². The van der Waals surface area contributed by atoms with E-state index in [1.165, 1.54) is 28.8 Å². The van der Waals surface area contributed by atoms with Crippen LogP contribution >= 0.6 is 11.8 Å². The van der Waals surface area contributed by atoms with Crippen molar-refractivity contribution in [2.75, 3.05) is 52.7 Å². The molecule has 0 atom stereocenters. The predicted octanol–water partition coefficient (Wildman–Crippen LogP) is 0.180. The smallest absolute Gasteiger partial charge is 0.232 e. The fourth-order valence-corrected chi connectivity index (χ4v) is 3.79. The second kappa shape index (κ2) is 9.29. The lowest BCUT2D eigenvalue weighted by molar-refractivity contribution is -0.908. The quantitative estimate of drug-likeness (QED) is 0.679. The molecule has 0 spiro atoms. The Hall–Kier alpha value is -1.97. The third-order valence-electron chi connectivity index (χ3n) is 4.53. The first kappa shape index (κ1) is 19.8. The lowest BCUT2D eigenvalue weighted by Crippen LogP contribution is -3.14. The van der Waals surface area contributed by atoms with Gasteiger partial charge >= 0.3 is 0 Å². The molecule has 146 valence electrons. The molecule has 1 aromatic heterocycles. The first-order valence-corrected chi connectivity index (χ1v) is 9.96. The minimum atomic E-state index is -0.284. The molecular formula is C18H25FN5O2S+. The summed E-state index contributed by atoms with van der Waals surface area (Å²) in [4.78, 5) is 15.0. The maximum absolute atomic E-state index is 13.3. The zero-order valence-electron chi connectivity index (χ0n) is 15.7. The second-order valence-electron chi connectivity index (χ2n) is 6.65. The summed E-state index contributed by atoms with van der Waals surface area (Å²) in [6.45, 7) is 5.17. The molecule has 0 unspecified atom stereocenters. The number of carbonyl (C=O) groups is 1. The molecular weight excluding hydrogens is 369 g/mol. The van der Waals surface area contributed by atoms with Crippen molar-refractivity contribution >= 4 is 17.7 Å². The lowest BCUT2D eigenvalue weighted by atomic mass is 10.2. The number of aromatic nitrogens is 3. The standard InChI is InChI=1S/C18H24FN5O2S/c1-22(2)16(25)13-27-18-21-20-17(14-3-5-15(19)6-4-14)24(18)8-7-23-9-11-26-12-10-23/h3-6H,7-13H2,1-2H3/p+1. The van der Waals surface area contributed by atoms with Crippen LogP contribution < -0.4 is 4.90 Å². The van der Waals surface area contributed by atoms with Crippen molar-refractivity contribution in [1.29, 1.82) is 0 Å². The SMILES string of the molecule is CN(C)C(=O)CSc1nnc(-c2ccc(F)cc2)n1CC[NH+]1CCOCC1. The van der Waals surface area contributed by atoms with E-state index in [9.17, 15) is 9.18 Å². The number of carbonyl (C=O) groups excluding carboxylic acids is 1. The van der Waals surface area contributed by atoms with Gasteiger partial charge < -0.3 is 14.5 Å². The highest BCUT2D eigenvalue weighted by Crippen LogP contribution is 2.24. The van der Waals surface area contributed by atoms with Crippen LogP contribution in [0.3, 0.4) is 0 Å². The van der Waals surface area contributed by atoms with Crippen LogP contribution in [-0.4, -0.2) is 78.3 Å². The molecule has 1 saturated heterocycles. The second-order valence-corrected chi connectivity index (χ2v) is 7.60. The van der Waals surface area contributed by atoms with Gasteiger partial charge in [0.25, 0.3) is 0 Å². The van der Waals surface area contributed by atoms with E-state index >= 15 is 0 Å². The molecule has 0 radical (unpaired) electrons. The van der Waals surface area contributed by atoms with Crippen molar-refractivity contribution in [2.45, 2.75) is 11.7 Å². The van der Waals surface area contributed by atoms with Crippen molar-refractivity contribution in [3.8, 4) is 11.4 Å². The molecule has 0 bridgehead atoms. The molecule has 2 aromatic rings. The number of hydrogen-bond donors (Lipinski definition) is 1. The Balaban J connectivity index is 1.79. The van der Waals surface area contributed by atoms with Crippen LogP contribution in [0.15, 0.2) is 29.4 Å². The number of thioether (sulfide) groups is 1. The maximum Gasteiger partial charge on any atom is 0.232 e. The van der Waals surface area contributed by atoms with E-state index in [4.69, 9.17) is 4.74 Å². The Kier molecular flexibility index (Phi) is 6.81. The minimum Gasteiger partial charge on any atom is -0.370 e. The van der Waals surface area contributed by atoms with E-state index < -0.39 is 0 Å². The van der Waals surface area contributed by atoms with Gasteiger partial charge in [0, 0.05) is 19.7 Å². The van der Waals surface area contributed by atoms with Crippen molar-refractivity contribution in [3.05, 3.63) is 30.1 Å². The number of halogens is 1. The van der Waals surface area contributed by atoms with Gasteiger partial charge in [-0.05, 0) is 24.3 Å². The van der Waals surface area contributed by atoms with Gasteiger partial charge in [-0.2, -0.15) is 0 Å². The topological polar surface area (TPSA) is 64.7 Å². The Morgan fingerprint density at radius 1 is 1.26 bits per heavy atom. The van der Waals surface area contributed by atoms with Gasteiger partial charge in [0.1, 0.15) is 18.9 Å². The van der Waals surface area contributed by atoms with Crippen LogP contribution in [0.4, 0.5) is 4.39 Å². The summed E-state index contributed by atoms with van der Waals surface area (Å²) in [5, 5.41) is 9.31. The van der Waals surface area contributed by atoms with Crippen molar-refractivity contribution in [1.82, 2.24) is 19.7 Å². The zero-order valence-corrected chi connectivity index (χ0v) is 16.5. The van der Waals surface area contributed by atoms with E-state index in [-0.39, 0.29) is 11.7 Å². The summed E-state index contributed by atoms with van der Waals surface area (Å²) in [7, 11) is 3.47. The molecule has 27 heavy (non-hydrogen) atoms. The number of nitrogens with one attached hydrogen (secondary N) is 1. The average molecular weight is 394 g/mol. The number of rotatable bonds is 7. The molecule has 0 aliphatic carbocycles. The van der Waals surface area contributed by atoms with Crippen LogP contribution in [0.25, 0.3) is 11.4 Å². The third-order valence-corrected chi connectivity index (χ3v) is 5.48. The van der Waals surface area contributed by atoms with Crippen LogP contribution in [0.1, 0.15) is 0 Å². The Morgan fingerprint density at radius 3 is 2.63 bits per heavy atom. The molecule has 3 rings (SSSR count). The first-order chi connectivity index (χ1) is 13.0. The van der Waals surface area contributed by atoms with Crippen LogP contribution in [0.5, 0.6) is 0 Å². The fraction of sp³-hybridized carbons (Fsp3) is 0.500. The fourth-order valence-electron chi connectivity index (χ4n) is 2.84. The Bertz CT molecular complexity index is 760. The highest BCUT2D eigenvalue weighted by molar-refractivity contribution is 7.99. The molecule has 1 fully saturated rings. The van der Waals surface area contributed by atoms with Crippen molar-refractivity contribution in [2.24, 2.45) is 0 Å². The predicted molar refractivity (Wildman–Crippen MR) is 101 cm³/mol. The number of nitrogens with zero attached hydrogens (tertiary/aromatic N) is 4. The molecule has 1 N–H and O–H groups in total. The lowest BCUT2D eigenvalue weighted by Gasteiger charge is -2.24. The van der Waals surface area contributed by atoms with Gasteiger partial charge in [-0.25, -0.2) is 4.39 Å². The van der Waals surface area contributed by atoms with Gasteiger partial charge in [-0.1, -0.05) is 11.8 Å². The van der Waals surface area contributed by atoms with Crippen LogP contribution in [0, 0.1) is 5.82 Å². The van der Waals surface area contributed by atoms with Gasteiger partial charge in [0.05, 0.1) is 32.1 Å². The first-order valence-electron chi connectivity index (χ1n) is 8.98. The van der Waals surface area contributed by atoms with Gasteiger partial charge in [0.15, 0.2) is 11.0 Å². The molecule has 7 nitrogen and oxygen atoms in total. The summed E-state index contributed by atoms with van der Waals surface area (Å²) >= 11 is 1.38. The van der Waals surface area contributed by atoms with E-state index in [0.717, 1.165) is 45.0 Å². The highest BCUT2D eigenvalue weighted by atomic mass is 32.2. The number of ether oxygens (including phenoxy) is 1. The Labute approximate surface area is 162 Å². The van der Waals surface area contributed by atoms with Crippen molar-refractivity contribution < 1.29 is 18.8 Å². The summed E-state index contributed by atoms with van der Waals surface area (Å²) < 4.78 is 20.7. The van der Waals surface area contributed by atoms with E-state index in [2.05, 4.69) is 10.2 Å². The summed E-state index contributed by atoms with van der Waals surface area (Å²) in [5.74, 6) is 0.742. The molecule has 2 heterocycles. The van der Waals surface area contributed by atoms with Crippen LogP contribution in [-0.2, 0) is 16.1 Å². The van der Waals surface area contributed by atoms with Gasteiger partial charge in [0.2, 0.25) is 5.91 Å². The molecule has 1 aliphatic rings.